The van der Waals surface area contributed by atoms with Crippen LogP contribution in [0, 0.1) is 10.1 Å². The summed E-state index contributed by atoms with van der Waals surface area (Å²) in [6.45, 7) is 1.84. The SMILES string of the molecule is CN1CCC(N(C)c2ccc(CO)cc2[N+](=O)[O-])CC1. The van der Waals surface area contributed by atoms with E-state index in [1.807, 2.05) is 11.9 Å². The number of nitro benzene ring substituents is 1. The number of likely N-dealkylation sites (tertiary alicyclic amines) is 1. The summed E-state index contributed by atoms with van der Waals surface area (Å²) in [6.07, 6.45) is 2.01. The molecule has 0 unspecified atom stereocenters. The summed E-state index contributed by atoms with van der Waals surface area (Å²) < 4.78 is 0. The van der Waals surface area contributed by atoms with Gasteiger partial charge in [-0.15, -0.1) is 0 Å². The lowest BCUT2D eigenvalue weighted by molar-refractivity contribution is -0.384. The summed E-state index contributed by atoms with van der Waals surface area (Å²) in [5.41, 5.74) is 1.26. The molecule has 1 aliphatic rings. The number of anilines is 1. The molecular weight excluding hydrogens is 258 g/mol. The number of hydrogen-bond donors (Lipinski definition) is 1. The highest BCUT2D eigenvalue weighted by molar-refractivity contribution is 5.64. The minimum absolute atomic E-state index is 0.0676. The fourth-order valence-electron chi connectivity index (χ4n) is 2.69. The molecule has 0 saturated carbocycles. The molecule has 6 heteroatoms. The van der Waals surface area contributed by atoms with Gasteiger partial charge in [0.05, 0.1) is 11.5 Å². The van der Waals surface area contributed by atoms with Gasteiger partial charge >= 0.3 is 0 Å². The van der Waals surface area contributed by atoms with Crippen molar-refractivity contribution in [3.05, 3.63) is 33.9 Å². The smallest absolute Gasteiger partial charge is 0.292 e. The van der Waals surface area contributed by atoms with Gasteiger partial charge in [0.25, 0.3) is 5.69 Å². The van der Waals surface area contributed by atoms with Crippen molar-refractivity contribution < 1.29 is 10.0 Å². The molecule has 1 N–H and O–H groups in total. The number of aliphatic hydroxyl groups is 1. The maximum atomic E-state index is 11.2. The molecule has 0 aliphatic carbocycles. The van der Waals surface area contributed by atoms with Crippen LogP contribution in [0.25, 0.3) is 0 Å². The zero-order valence-electron chi connectivity index (χ0n) is 12.0. The number of aliphatic hydroxyl groups excluding tert-OH is 1. The number of rotatable bonds is 4. The third-order valence-electron chi connectivity index (χ3n) is 4.03. The summed E-state index contributed by atoms with van der Waals surface area (Å²) in [5.74, 6) is 0. The van der Waals surface area contributed by atoms with Crippen LogP contribution in [0.1, 0.15) is 18.4 Å². The zero-order valence-corrected chi connectivity index (χ0v) is 12.0. The summed E-state index contributed by atoms with van der Waals surface area (Å²) in [7, 11) is 4.01. The standard InChI is InChI=1S/C14H21N3O3/c1-15-7-5-12(6-8-15)16(2)13-4-3-11(10-18)9-14(13)17(19)20/h3-4,9,12,18H,5-8,10H2,1-2H3. The van der Waals surface area contributed by atoms with Gasteiger partial charge in [0.2, 0.25) is 0 Å². The number of nitro groups is 1. The highest BCUT2D eigenvalue weighted by atomic mass is 16.6. The molecule has 0 radical (unpaired) electrons. The predicted octanol–water partition coefficient (Wildman–Crippen LogP) is 1.62. The van der Waals surface area contributed by atoms with Crippen LogP contribution in [-0.4, -0.2) is 48.2 Å². The van der Waals surface area contributed by atoms with Crippen LogP contribution >= 0.6 is 0 Å². The monoisotopic (exact) mass is 279 g/mol. The molecular formula is C14H21N3O3. The Labute approximate surface area is 118 Å². The topological polar surface area (TPSA) is 69.8 Å². The van der Waals surface area contributed by atoms with Gasteiger partial charge in [0, 0.05) is 19.2 Å². The molecule has 1 saturated heterocycles. The summed E-state index contributed by atoms with van der Waals surface area (Å²) >= 11 is 0. The molecule has 1 aromatic rings. The molecule has 110 valence electrons. The van der Waals surface area contributed by atoms with Gasteiger partial charge in [-0.3, -0.25) is 10.1 Å². The van der Waals surface area contributed by atoms with E-state index in [9.17, 15) is 10.1 Å². The Morgan fingerprint density at radius 3 is 2.65 bits per heavy atom. The van der Waals surface area contributed by atoms with Gasteiger partial charge in [0.1, 0.15) is 5.69 Å². The third-order valence-corrected chi connectivity index (χ3v) is 4.03. The lowest BCUT2D eigenvalue weighted by atomic mass is 10.0. The molecule has 0 amide bonds. The number of benzene rings is 1. The summed E-state index contributed by atoms with van der Waals surface area (Å²) in [4.78, 5) is 15.1. The van der Waals surface area contributed by atoms with Gasteiger partial charge in [-0.2, -0.15) is 0 Å². The molecule has 0 aromatic heterocycles. The van der Waals surface area contributed by atoms with Crippen LogP contribution < -0.4 is 4.90 Å². The molecule has 1 fully saturated rings. The van der Waals surface area contributed by atoms with E-state index in [1.165, 1.54) is 6.07 Å². The van der Waals surface area contributed by atoms with Crippen LogP contribution in [0.2, 0.25) is 0 Å². The second-order valence-corrected chi connectivity index (χ2v) is 5.38. The maximum Gasteiger partial charge on any atom is 0.292 e. The first kappa shape index (κ1) is 14.7. The molecule has 1 aliphatic heterocycles. The molecule has 20 heavy (non-hydrogen) atoms. The van der Waals surface area contributed by atoms with Gasteiger partial charge in [-0.25, -0.2) is 0 Å². The number of hydrogen-bond acceptors (Lipinski definition) is 5. The van der Waals surface area contributed by atoms with Crippen molar-refractivity contribution in [2.45, 2.75) is 25.5 Å². The van der Waals surface area contributed by atoms with Crippen LogP contribution in [0.5, 0.6) is 0 Å². The van der Waals surface area contributed by atoms with Crippen molar-refractivity contribution in [2.24, 2.45) is 0 Å². The molecule has 2 rings (SSSR count). The fourth-order valence-corrected chi connectivity index (χ4v) is 2.69. The first-order valence-corrected chi connectivity index (χ1v) is 6.82. The molecule has 1 aromatic carbocycles. The Bertz CT molecular complexity index is 485. The molecule has 0 bridgehead atoms. The molecule has 0 spiro atoms. The van der Waals surface area contributed by atoms with Crippen LogP contribution in [0.4, 0.5) is 11.4 Å². The third kappa shape index (κ3) is 3.08. The second kappa shape index (κ2) is 6.19. The Hall–Kier alpha value is -1.66. The van der Waals surface area contributed by atoms with E-state index in [-0.39, 0.29) is 17.2 Å². The highest BCUT2D eigenvalue weighted by Crippen LogP contribution is 2.31. The van der Waals surface area contributed by atoms with Crippen molar-refractivity contribution in [3.63, 3.8) is 0 Å². The summed E-state index contributed by atoms with van der Waals surface area (Å²) in [5, 5.41) is 20.3. The van der Waals surface area contributed by atoms with E-state index in [0.717, 1.165) is 25.9 Å². The Kier molecular flexibility index (Phi) is 4.57. The van der Waals surface area contributed by atoms with Crippen molar-refractivity contribution in [1.82, 2.24) is 4.90 Å². The van der Waals surface area contributed by atoms with E-state index in [4.69, 9.17) is 5.11 Å². The van der Waals surface area contributed by atoms with E-state index in [0.29, 0.717) is 17.3 Å². The normalized spacial score (nSPS) is 17.1. The van der Waals surface area contributed by atoms with Gasteiger partial charge in [-0.05, 0) is 44.6 Å². The van der Waals surface area contributed by atoms with Crippen LogP contribution in [0.3, 0.4) is 0 Å². The van der Waals surface area contributed by atoms with Crippen molar-refractivity contribution in [2.75, 3.05) is 32.1 Å². The quantitative estimate of drug-likeness (QED) is 0.670. The Morgan fingerprint density at radius 1 is 1.45 bits per heavy atom. The van der Waals surface area contributed by atoms with Crippen molar-refractivity contribution >= 4 is 11.4 Å². The predicted molar refractivity (Wildman–Crippen MR) is 77.9 cm³/mol. The van der Waals surface area contributed by atoms with E-state index < -0.39 is 0 Å². The number of nitrogens with zero attached hydrogens (tertiary/aromatic N) is 3. The zero-order chi connectivity index (χ0) is 14.7. The second-order valence-electron chi connectivity index (χ2n) is 5.38. The minimum atomic E-state index is -0.375. The first-order chi connectivity index (χ1) is 9.52. The Morgan fingerprint density at radius 2 is 2.10 bits per heavy atom. The van der Waals surface area contributed by atoms with E-state index >= 15 is 0 Å². The van der Waals surface area contributed by atoms with Crippen LogP contribution in [-0.2, 0) is 6.61 Å². The lowest BCUT2D eigenvalue weighted by Crippen LogP contribution is -2.42. The molecule has 1 heterocycles. The molecule has 6 nitrogen and oxygen atoms in total. The maximum absolute atomic E-state index is 11.2. The number of piperidine rings is 1. The lowest BCUT2D eigenvalue weighted by Gasteiger charge is -2.36. The summed E-state index contributed by atoms with van der Waals surface area (Å²) in [6, 6.07) is 5.27. The van der Waals surface area contributed by atoms with E-state index in [2.05, 4.69) is 11.9 Å². The fraction of sp³-hybridized carbons (Fsp3) is 0.571. The van der Waals surface area contributed by atoms with Gasteiger partial charge < -0.3 is 14.9 Å². The van der Waals surface area contributed by atoms with Crippen LogP contribution in [0.15, 0.2) is 18.2 Å². The van der Waals surface area contributed by atoms with E-state index in [1.54, 1.807) is 12.1 Å². The van der Waals surface area contributed by atoms with Crippen molar-refractivity contribution in [3.8, 4) is 0 Å². The average molecular weight is 279 g/mol. The minimum Gasteiger partial charge on any atom is -0.392 e. The average Bonchev–Trinajstić information content (AvgIpc) is 2.46. The Balaban J connectivity index is 2.24. The largest absolute Gasteiger partial charge is 0.392 e. The van der Waals surface area contributed by atoms with Gasteiger partial charge in [0.15, 0.2) is 0 Å². The first-order valence-electron chi connectivity index (χ1n) is 6.82. The molecule has 0 atom stereocenters. The van der Waals surface area contributed by atoms with Crippen molar-refractivity contribution in [1.29, 1.82) is 0 Å². The highest BCUT2D eigenvalue weighted by Gasteiger charge is 2.25. The van der Waals surface area contributed by atoms with Gasteiger partial charge in [-0.1, -0.05) is 6.07 Å².